The van der Waals surface area contributed by atoms with Gasteiger partial charge in [0, 0.05) is 16.8 Å². The molecular weight excluding hydrogens is 292 g/mol. The molecule has 6 heteroatoms. The molecule has 0 aliphatic rings. The minimum Gasteiger partial charge on any atom is -0.481 e. The fourth-order valence-electron chi connectivity index (χ4n) is 2.00. The molecule has 5 nitrogen and oxygen atoms in total. The van der Waals surface area contributed by atoms with Crippen molar-refractivity contribution < 1.29 is 14.6 Å². The second-order valence-electron chi connectivity index (χ2n) is 4.60. The molecule has 1 unspecified atom stereocenters. The highest BCUT2D eigenvalue weighted by molar-refractivity contribution is 6.31. The zero-order chi connectivity index (χ0) is 15.4. The van der Waals surface area contributed by atoms with E-state index in [1.807, 2.05) is 6.07 Å². The van der Waals surface area contributed by atoms with E-state index in [9.17, 15) is 9.90 Å². The molecule has 0 amide bonds. The first-order valence-electron chi connectivity index (χ1n) is 6.37. The van der Waals surface area contributed by atoms with Gasteiger partial charge in [0.15, 0.2) is 0 Å². The Bertz CT molecular complexity index is 661. The van der Waals surface area contributed by atoms with Gasteiger partial charge in [0.05, 0.1) is 7.11 Å². The maximum atomic E-state index is 11.6. The van der Waals surface area contributed by atoms with Crippen molar-refractivity contribution in [3.05, 3.63) is 52.4 Å². The fraction of sp³-hybridized carbons (Fsp3) is 0.267. The van der Waals surface area contributed by atoms with E-state index in [1.54, 1.807) is 31.2 Å². The van der Waals surface area contributed by atoms with E-state index in [0.29, 0.717) is 16.6 Å². The summed E-state index contributed by atoms with van der Waals surface area (Å²) in [5.41, 5.74) is 1.40. The summed E-state index contributed by atoms with van der Waals surface area (Å²) < 4.78 is 5.07. The molecule has 0 saturated heterocycles. The average molecular weight is 307 g/mol. The van der Waals surface area contributed by atoms with Crippen molar-refractivity contribution in [1.82, 2.24) is 9.97 Å². The normalized spacial score (nSPS) is 12.0. The third kappa shape index (κ3) is 3.70. The lowest BCUT2D eigenvalue weighted by molar-refractivity contribution is -0.139. The lowest BCUT2D eigenvalue weighted by atomic mass is 9.98. The van der Waals surface area contributed by atoms with Crippen LogP contribution in [0.1, 0.15) is 23.0 Å². The van der Waals surface area contributed by atoms with Crippen LogP contribution in [0.5, 0.6) is 5.88 Å². The Morgan fingerprint density at radius 1 is 1.38 bits per heavy atom. The highest BCUT2D eigenvalue weighted by Crippen LogP contribution is 2.25. The molecule has 1 aromatic heterocycles. The highest BCUT2D eigenvalue weighted by Gasteiger charge is 2.25. The average Bonchev–Trinajstić information content (AvgIpc) is 2.45. The number of nitrogens with zero attached hydrogens (tertiary/aromatic N) is 2. The second kappa shape index (κ2) is 6.54. The van der Waals surface area contributed by atoms with Crippen molar-refractivity contribution in [3.63, 3.8) is 0 Å². The van der Waals surface area contributed by atoms with E-state index in [1.165, 1.54) is 7.11 Å². The number of carboxylic acids is 1. The Labute approximate surface area is 127 Å². The van der Waals surface area contributed by atoms with Crippen molar-refractivity contribution in [1.29, 1.82) is 0 Å². The molecule has 0 aliphatic heterocycles. The Balaban J connectivity index is 2.38. The zero-order valence-electron chi connectivity index (χ0n) is 11.7. The maximum absolute atomic E-state index is 11.6. The van der Waals surface area contributed by atoms with Crippen LogP contribution >= 0.6 is 11.6 Å². The van der Waals surface area contributed by atoms with Crippen LogP contribution in [0.15, 0.2) is 30.3 Å². The molecule has 1 aromatic carbocycles. The number of aryl methyl sites for hydroxylation is 1. The molecule has 1 N–H and O–H groups in total. The van der Waals surface area contributed by atoms with E-state index in [-0.39, 0.29) is 12.2 Å². The van der Waals surface area contributed by atoms with E-state index >= 15 is 0 Å². The van der Waals surface area contributed by atoms with Crippen LogP contribution in [0.3, 0.4) is 0 Å². The summed E-state index contributed by atoms with van der Waals surface area (Å²) in [5, 5.41) is 10.0. The predicted octanol–water partition coefficient (Wildman–Crippen LogP) is 2.86. The first-order chi connectivity index (χ1) is 10.0. The first-order valence-corrected chi connectivity index (χ1v) is 6.75. The lowest BCUT2D eigenvalue weighted by Gasteiger charge is -2.13. The van der Waals surface area contributed by atoms with Crippen molar-refractivity contribution >= 4 is 17.6 Å². The van der Waals surface area contributed by atoms with Gasteiger partial charge in [-0.15, -0.1) is 0 Å². The molecular formula is C15H15ClN2O3. The topological polar surface area (TPSA) is 72.3 Å². The summed E-state index contributed by atoms with van der Waals surface area (Å²) in [6, 6.07) is 8.79. The first kappa shape index (κ1) is 15.3. The van der Waals surface area contributed by atoms with Crippen LogP contribution in [0.25, 0.3) is 0 Å². The molecule has 0 fully saturated rings. The number of aromatic nitrogens is 2. The van der Waals surface area contributed by atoms with Crippen molar-refractivity contribution in [2.24, 2.45) is 0 Å². The number of carbonyl (C=O) groups is 1. The third-order valence-corrected chi connectivity index (χ3v) is 3.42. The van der Waals surface area contributed by atoms with Gasteiger partial charge in [0.2, 0.25) is 5.88 Å². The van der Waals surface area contributed by atoms with Gasteiger partial charge >= 0.3 is 5.97 Å². The Kier molecular flexibility index (Phi) is 4.75. The van der Waals surface area contributed by atoms with Crippen LogP contribution in [0.2, 0.25) is 5.02 Å². The quantitative estimate of drug-likeness (QED) is 0.919. The predicted molar refractivity (Wildman–Crippen MR) is 78.9 cm³/mol. The highest BCUT2D eigenvalue weighted by atomic mass is 35.5. The fourth-order valence-corrected chi connectivity index (χ4v) is 2.21. The van der Waals surface area contributed by atoms with E-state index < -0.39 is 11.9 Å². The molecule has 0 aliphatic carbocycles. The number of aliphatic carboxylic acids is 1. The smallest absolute Gasteiger partial charge is 0.314 e. The number of hydrogen-bond acceptors (Lipinski definition) is 4. The molecule has 2 aromatic rings. The van der Waals surface area contributed by atoms with Crippen LogP contribution in [0.4, 0.5) is 0 Å². The van der Waals surface area contributed by atoms with Crippen LogP contribution in [-0.2, 0) is 11.2 Å². The van der Waals surface area contributed by atoms with E-state index in [2.05, 4.69) is 9.97 Å². The molecule has 0 spiro atoms. The van der Waals surface area contributed by atoms with Crippen molar-refractivity contribution in [2.75, 3.05) is 7.11 Å². The summed E-state index contributed by atoms with van der Waals surface area (Å²) in [4.78, 5) is 19.9. The van der Waals surface area contributed by atoms with Crippen molar-refractivity contribution in [3.8, 4) is 5.88 Å². The van der Waals surface area contributed by atoms with Crippen LogP contribution < -0.4 is 4.74 Å². The summed E-state index contributed by atoms with van der Waals surface area (Å²) in [6.45, 7) is 1.77. The number of hydrogen-bond donors (Lipinski definition) is 1. The zero-order valence-corrected chi connectivity index (χ0v) is 12.5. The van der Waals surface area contributed by atoms with E-state index in [4.69, 9.17) is 16.3 Å². The van der Waals surface area contributed by atoms with Gasteiger partial charge < -0.3 is 9.84 Å². The van der Waals surface area contributed by atoms with Gasteiger partial charge in [-0.3, -0.25) is 4.79 Å². The SMILES string of the molecule is COc1cc(C)nc(C(Cc2ccccc2Cl)C(=O)O)n1. The third-order valence-electron chi connectivity index (χ3n) is 3.05. The maximum Gasteiger partial charge on any atom is 0.314 e. The van der Waals surface area contributed by atoms with Crippen LogP contribution in [0, 0.1) is 6.92 Å². The van der Waals surface area contributed by atoms with Gasteiger partial charge in [-0.1, -0.05) is 29.8 Å². The standard InChI is InChI=1S/C15H15ClN2O3/c1-9-7-13(21-2)18-14(17-9)11(15(19)20)8-10-5-3-4-6-12(10)16/h3-7,11H,8H2,1-2H3,(H,19,20). The number of carboxylic acid groups (broad SMARTS) is 1. The number of ether oxygens (including phenoxy) is 1. The molecule has 0 saturated carbocycles. The van der Waals surface area contributed by atoms with Gasteiger partial charge in [-0.25, -0.2) is 4.98 Å². The lowest BCUT2D eigenvalue weighted by Crippen LogP contribution is -2.18. The summed E-state index contributed by atoms with van der Waals surface area (Å²) in [5.74, 6) is -1.30. The van der Waals surface area contributed by atoms with Gasteiger partial charge in [-0.05, 0) is 25.0 Å². The molecule has 1 heterocycles. The number of halogens is 1. The number of benzene rings is 1. The minimum atomic E-state index is -0.998. The summed E-state index contributed by atoms with van der Waals surface area (Å²) >= 11 is 6.09. The summed E-state index contributed by atoms with van der Waals surface area (Å²) in [6.07, 6.45) is 0.224. The molecule has 0 radical (unpaired) electrons. The number of methoxy groups -OCH3 is 1. The monoisotopic (exact) mass is 306 g/mol. The van der Waals surface area contributed by atoms with Gasteiger partial charge in [-0.2, -0.15) is 4.98 Å². The molecule has 2 rings (SSSR count). The second-order valence-corrected chi connectivity index (χ2v) is 5.00. The molecule has 110 valence electrons. The molecule has 1 atom stereocenters. The Morgan fingerprint density at radius 3 is 2.71 bits per heavy atom. The van der Waals surface area contributed by atoms with Crippen molar-refractivity contribution in [2.45, 2.75) is 19.3 Å². The largest absolute Gasteiger partial charge is 0.481 e. The molecule has 21 heavy (non-hydrogen) atoms. The minimum absolute atomic E-state index is 0.222. The van der Waals surface area contributed by atoms with E-state index in [0.717, 1.165) is 5.56 Å². The summed E-state index contributed by atoms with van der Waals surface area (Å²) in [7, 11) is 1.48. The number of rotatable bonds is 5. The van der Waals surface area contributed by atoms with Gasteiger partial charge in [0.1, 0.15) is 11.7 Å². The Hall–Kier alpha value is -2.14. The van der Waals surface area contributed by atoms with Crippen LogP contribution in [-0.4, -0.2) is 28.2 Å². The Morgan fingerprint density at radius 2 is 2.10 bits per heavy atom. The van der Waals surface area contributed by atoms with Gasteiger partial charge in [0.25, 0.3) is 0 Å². The molecule has 0 bridgehead atoms.